The number of pyridine rings is 1. The maximum Gasteiger partial charge on any atom is 0.341 e. The van der Waals surface area contributed by atoms with Gasteiger partial charge in [-0.1, -0.05) is 18.2 Å². The second-order valence-corrected chi connectivity index (χ2v) is 7.04. The highest BCUT2D eigenvalue weighted by Gasteiger charge is 2.31. The lowest BCUT2D eigenvalue weighted by atomic mass is 9.91. The van der Waals surface area contributed by atoms with Crippen molar-refractivity contribution in [1.29, 1.82) is 0 Å². The normalized spacial score (nSPS) is 11.2. The van der Waals surface area contributed by atoms with E-state index in [1.165, 1.54) is 7.11 Å². The van der Waals surface area contributed by atoms with E-state index in [0.29, 0.717) is 17.0 Å². The Kier molecular flexibility index (Phi) is 6.41. The SMILES string of the molecule is COc1ccccc1-c1c(C(=O)O)c(C)nc(C)c1C(=O)OC(C)(C)CCO. The van der Waals surface area contributed by atoms with Crippen LogP contribution in [0, 0.1) is 13.8 Å². The van der Waals surface area contributed by atoms with Gasteiger partial charge in [0.1, 0.15) is 11.4 Å². The molecule has 0 unspecified atom stereocenters. The Morgan fingerprint density at radius 2 is 1.71 bits per heavy atom. The molecule has 0 saturated heterocycles. The van der Waals surface area contributed by atoms with Crippen molar-refractivity contribution in [3.05, 3.63) is 46.8 Å². The first-order valence-corrected chi connectivity index (χ1v) is 8.85. The largest absolute Gasteiger partial charge is 0.496 e. The van der Waals surface area contributed by atoms with Crippen LogP contribution in [-0.4, -0.2) is 46.5 Å². The lowest BCUT2D eigenvalue weighted by Crippen LogP contribution is -2.30. The van der Waals surface area contributed by atoms with Gasteiger partial charge in [0.25, 0.3) is 0 Å². The van der Waals surface area contributed by atoms with Crippen molar-refractivity contribution < 1.29 is 29.3 Å². The number of methoxy groups -OCH3 is 1. The lowest BCUT2D eigenvalue weighted by Gasteiger charge is -2.26. The van der Waals surface area contributed by atoms with Gasteiger partial charge in [-0.25, -0.2) is 9.59 Å². The number of ether oxygens (including phenoxy) is 2. The Balaban J connectivity index is 2.81. The number of carbonyl (C=O) groups excluding carboxylic acids is 1. The van der Waals surface area contributed by atoms with E-state index in [1.807, 2.05) is 0 Å². The van der Waals surface area contributed by atoms with Crippen molar-refractivity contribution in [2.45, 2.75) is 39.7 Å². The number of aliphatic hydroxyl groups is 1. The van der Waals surface area contributed by atoms with Gasteiger partial charge in [0, 0.05) is 24.2 Å². The number of nitrogens with zero attached hydrogens (tertiary/aromatic N) is 1. The van der Waals surface area contributed by atoms with Crippen LogP contribution in [0.3, 0.4) is 0 Å². The first-order valence-electron chi connectivity index (χ1n) is 8.85. The predicted octanol–water partition coefficient (Wildman–Crippen LogP) is 3.39. The highest BCUT2D eigenvalue weighted by Crippen LogP contribution is 2.38. The Morgan fingerprint density at radius 3 is 2.29 bits per heavy atom. The smallest absolute Gasteiger partial charge is 0.341 e. The molecule has 7 heteroatoms. The lowest BCUT2D eigenvalue weighted by molar-refractivity contribution is -0.0106. The first kappa shape index (κ1) is 21.4. The third-order valence-electron chi connectivity index (χ3n) is 4.44. The highest BCUT2D eigenvalue weighted by molar-refractivity contribution is 6.07. The molecular weight excluding hydrogens is 362 g/mol. The molecule has 0 aliphatic rings. The molecule has 0 spiro atoms. The van der Waals surface area contributed by atoms with Crippen molar-refractivity contribution in [1.82, 2.24) is 4.98 Å². The van der Waals surface area contributed by atoms with E-state index in [0.717, 1.165) is 0 Å². The highest BCUT2D eigenvalue weighted by atomic mass is 16.6. The molecule has 2 rings (SSSR count). The molecule has 0 radical (unpaired) electrons. The van der Waals surface area contributed by atoms with Crippen LogP contribution in [0.2, 0.25) is 0 Å². The Hall–Kier alpha value is -2.93. The van der Waals surface area contributed by atoms with Crippen LogP contribution >= 0.6 is 0 Å². The fourth-order valence-electron chi connectivity index (χ4n) is 3.10. The van der Waals surface area contributed by atoms with Crippen LogP contribution in [0.4, 0.5) is 0 Å². The molecule has 28 heavy (non-hydrogen) atoms. The number of aliphatic hydroxyl groups excluding tert-OH is 1. The van der Waals surface area contributed by atoms with E-state index in [9.17, 15) is 19.8 Å². The zero-order valence-corrected chi connectivity index (χ0v) is 16.7. The minimum Gasteiger partial charge on any atom is -0.496 e. The van der Waals surface area contributed by atoms with E-state index in [2.05, 4.69) is 4.98 Å². The Bertz CT molecular complexity index is 904. The molecule has 0 bridgehead atoms. The van der Waals surface area contributed by atoms with E-state index < -0.39 is 17.5 Å². The average molecular weight is 387 g/mol. The summed E-state index contributed by atoms with van der Waals surface area (Å²) in [6, 6.07) is 6.87. The summed E-state index contributed by atoms with van der Waals surface area (Å²) in [7, 11) is 1.47. The molecule has 2 aromatic rings. The number of aromatic carboxylic acids is 1. The summed E-state index contributed by atoms with van der Waals surface area (Å²) in [6.45, 7) is 6.43. The predicted molar refractivity (Wildman–Crippen MR) is 104 cm³/mol. The van der Waals surface area contributed by atoms with Crippen molar-refractivity contribution >= 4 is 11.9 Å². The quantitative estimate of drug-likeness (QED) is 0.701. The first-order chi connectivity index (χ1) is 13.1. The zero-order chi connectivity index (χ0) is 21.1. The van der Waals surface area contributed by atoms with Crippen molar-refractivity contribution in [2.75, 3.05) is 13.7 Å². The van der Waals surface area contributed by atoms with Crippen LogP contribution < -0.4 is 4.74 Å². The number of benzene rings is 1. The van der Waals surface area contributed by atoms with Crippen LogP contribution in [0.1, 0.15) is 52.4 Å². The number of para-hydroxylation sites is 1. The summed E-state index contributed by atoms with van der Waals surface area (Å²) in [5.41, 5.74) is 0.374. The monoisotopic (exact) mass is 387 g/mol. The number of esters is 1. The maximum atomic E-state index is 13.1. The molecule has 1 heterocycles. The second-order valence-electron chi connectivity index (χ2n) is 7.04. The number of rotatable bonds is 7. The van der Waals surface area contributed by atoms with Crippen molar-refractivity contribution in [3.8, 4) is 16.9 Å². The number of carboxylic acids is 1. The van der Waals surface area contributed by atoms with E-state index in [4.69, 9.17) is 9.47 Å². The van der Waals surface area contributed by atoms with Gasteiger partial charge in [-0.05, 0) is 33.8 Å². The summed E-state index contributed by atoms with van der Waals surface area (Å²) in [6.07, 6.45) is 0.243. The fraction of sp³-hybridized carbons (Fsp3) is 0.381. The van der Waals surface area contributed by atoms with Gasteiger partial charge in [-0.2, -0.15) is 0 Å². The molecule has 0 saturated carbocycles. The number of hydrogen-bond acceptors (Lipinski definition) is 6. The molecule has 0 atom stereocenters. The topological polar surface area (TPSA) is 106 Å². The van der Waals surface area contributed by atoms with Gasteiger partial charge in [0.05, 0.1) is 29.6 Å². The van der Waals surface area contributed by atoms with Crippen LogP contribution in [0.5, 0.6) is 5.75 Å². The number of aromatic nitrogens is 1. The minimum atomic E-state index is -1.20. The van der Waals surface area contributed by atoms with E-state index in [1.54, 1.807) is 52.0 Å². The summed E-state index contributed by atoms with van der Waals surface area (Å²) < 4.78 is 11.0. The minimum absolute atomic E-state index is 0.0681. The molecule has 1 aromatic carbocycles. The summed E-state index contributed by atoms with van der Waals surface area (Å²) >= 11 is 0. The summed E-state index contributed by atoms with van der Waals surface area (Å²) in [5, 5.41) is 19.0. The van der Waals surface area contributed by atoms with E-state index >= 15 is 0 Å². The summed E-state index contributed by atoms with van der Waals surface area (Å²) in [4.78, 5) is 29.3. The molecule has 0 aliphatic heterocycles. The number of carboxylic acid groups (broad SMARTS) is 1. The van der Waals surface area contributed by atoms with Gasteiger partial charge in [-0.15, -0.1) is 0 Å². The van der Waals surface area contributed by atoms with Gasteiger partial charge in [-0.3, -0.25) is 4.98 Å². The zero-order valence-electron chi connectivity index (χ0n) is 16.7. The van der Waals surface area contributed by atoms with Gasteiger partial charge < -0.3 is 19.7 Å². The fourth-order valence-corrected chi connectivity index (χ4v) is 3.10. The average Bonchev–Trinajstić information content (AvgIpc) is 2.59. The summed E-state index contributed by atoms with van der Waals surface area (Å²) in [5.74, 6) is -1.47. The Labute approximate surface area is 163 Å². The molecule has 7 nitrogen and oxygen atoms in total. The number of hydrogen-bond donors (Lipinski definition) is 2. The van der Waals surface area contributed by atoms with E-state index in [-0.39, 0.29) is 35.4 Å². The standard InChI is InChI=1S/C21H25NO6/c1-12-16(19(24)25)18(14-8-6-7-9-15(14)27-5)17(13(2)22-12)20(26)28-21(3,4)10-11-23/h6-9,23H,10-11H2,1-5H3,(H,24,25). The second kappa shape index (κ2) is 8.39. The molecule has 1 aromatic heterocycles. The van der Waals surface area contributed by atoms with Crippen LogP contribution in [0.25, 0.3) is 11.1 Å². The van der Waals surface area contributed by atoms with Crippen molar-refractivity contribution in [3.63, 3.8) is 0 Å². The third kappa shape index (κ3) is 4.31. The van der Waals surface area contributed by atoms with Gasteiger partial charge in [0.2, 0.25) is 0 Å². The molecular formula is C21H25NO6. The molecule has 150 valence electrons. The van der Waals surface area contributed by atoms with Crippen LogP contribution in [0.15, 0.2) is 24.3 Å². The molecule has 2 N–H and O–H groups in total. The third-order valence-corrected chi connectivity index (χ3v) is 4.44. The maximum absolute atomic E-state index is 13.1. The Morgan fingerprint density at radius 1 is 1.11 bits per heavy atom. The molecule has 0 amide bonds. The van der Waals surface area contributed by atoms with Gasteiger partial charge in [0.15, 0.2) is 0 Å². The number of carbonyl (C=O) groups is 2. The number of aryl methyl sites for hydroxylation is 2. The molecule has 0 aliphatic carbocycles. The van der Waals surface area contributed by atoms with Gasteiger partial charge >= 0.3 is 11.9 Å². The van der Waals surface area contributed by atoms with Crippen LogP contribution in [-0.2, 0) is 4.74 Å². The van der Waals surface area contributed by atoms with Crippen molar-refractivity contribution in [2.24, 2.45) is 0 Å². The molecule has 0 fully saturated rings.